The number of benzene rings is 2. The minimum Gasteiger partial charge on any atom is -0.484 e. The molecule has 2 amide bonds. The van der Waals surface area contributed by atoms with Crippen molar-refractivity contribution in [3.05, 3.63) is 65.2 Å². The van der Waals surface area contributed by atoms with Gasteiger partial charge >= 0.3 is 0 Å². The average Bonchev–Trinajstić information content (AvgIpc) is 2.75. The Bertz CT molecular complexity index is 861. The van der Waals surface area contributed by atoms with E-state index in [1.165, 1.54) is 5.56 Å². The highest BCUT2D eigenvalue weighted by atomic mass is 16.5. The van der Waals surface area contributed by atoms with Crippen LogP contribution in [-0.4, -0.2) is 35.4 Å². The van der Waals surface area contributed by atoms with Gasteiger partial charge in [-0.15, -0.1) is 0 Å². The highest BCUT2D eigenvalue weighted by Gasteiger charge is 2.27. The molecule has 0 saturated carbocycles. The molecule has 2 aromatic carbocycles. The van der Waals surface area contributed by atoms with Crippen LogP contribution in [0, 0.1) is 6.92 Å². The quantitative estimate of drug-likeness (QED) is 0.594. The first-order chi connectivity index (χ1) is 14.7. The van der Waals surface area contributed by atoms with Crippen molar-refractivity contribution in [1.82, 2.24) is 10.2 Å². The summed E-state index contributed by atoms with van der Waals surface area (Å²) in [7, 11) is 0. The van der Waals surface area contributed by atoms with Crippen LogP contribution in [0.2, 0.25) is 0 Å². The van der Waals surface area contributed by atoms with Gasteiger partial charge in [-0.3, -0.25) is 9.59 Å². The number of nitrogens with zero attached hydrogens (tertiary/aromatic N) is 1. The molecule has 5 nitrogen and oxygen atoms in total. The molecule has 0 heterocycles. The van der Waals surface area contributed by atoms with Crippen molar-refractivity contribution < 1.29 is 14.3 Å². The van der Waals surface area contributed by atoms with Gasteiger partial charge in [-0.2, -0.15) is 0 Å². The van der Waals surface area contributed by atoms with Crippen molar-refractivity contribution in [2.24, 2.45) is 0 Å². The fourth-order valence-corrected chi connectivity index (χ4v) is 3.23. The number of ether oxygens (including phenoxy) is 1. The summed E-state index contributed by atoms with van der Waals surface area (Å²) in [5, 5.41) is 2.98. The molecule has 0 radical (unpaired) electrons. The smallest absolute Gasteiger partial charge is 0.261 e. The van der Waals surface area contributed by atoms with E-state index in [-0.39, 0.29) is 24.5 Å². The van der Waals surface area contributed by atoms with Gasteiger partial charge < -0.3 is 15.0 Å². The second-order valence-electron chi connectivity index (χ2n) is 8.52. The lowest BCUT2D eigenvalue weighted by Gasteiger charge is -2.29. The van der Waals surface area contributed by atoms with Crippen LogP contribution in [0.25, 0.3) is 0 Å². The summed E-state index contributed by atoms with van der Waals surface area (Å²) in [5.41, 5.74) is 3.32. The largest absolute Gasteiger partial charge is 0.484 e. The summed E-state index contributed by atoms with van der Waals surface area (Å²) in [4.78, 5) is 27.4. The van der Waals surface area contributed by atoms with Gasteiger partial charge in [0.1, 0.15) is 11.8 Å². The maximum absolute atomic E-state index is 13.1. The maximum atomic E-state index is 13.1. The Hall–Kier alpha value is -2.82. The third-order valence-corrected chi connectivity index (χ3v) is 5.51. The molecule has 2 aromatic rings. The molecule has 0 unspecified atom stereocenters. The van der Waals surface area contributed by atoms with Crippen LogP contribution in [0.1, 0.15) is 63.6 Å². The predicted octanol–water partition coefficient (Wildman–Crippen LogP) is 4.83. The van der Waals surface area contributed by atoms with Gasteiger partial charge in [-0.05, 0) is 56.4 Å². The van der Waals surface area contributed by atoms with Gasteiger partial charge in [0, 0.05) is 12.6 Å². The molecule has 5 heteroatoms. The summed E-state index contributed by atoms with van der Waals surface area (Å²) in [6, 6.07) is 15.2. The molecule has 0 aromatic heterocycles. The van der Waals surface area contributed by atoms with Crippen LogP contribution in [0.15, 0.2) is 48.5 Å². The maximum Gasteiger partial charge on any atom is 0.261 e. The van der Waals surface area contributed by atoms with E-state index >= 15 is 0 Å². The standard InChI is InChI=1S/C26H36N2O3/c1-7-20(5)27-26(30)21(6)28(16-22-10-8-9-19(4)15-22)25(29)17-31-24-13-11-23(12-14-24)18(2)3/h8-15,18,20-21H,7,16-17H2,1-6H3,(H,27,30)/t20-,21+/m0/s1. The van der Waals surface area contributed by atoms with Crippen molar-refractivity contribution in [2.45, 2.75) is 72.5 Å². The minimum absolute atomic E-state index is 0.0570. The van der Waals surface area contributed by atoms with Crippen LogP contribution in [0.3, 0.4) is 0 Å². The number of aryl methyl sites for hydroxylation is 1. The van der Waals surface area contributed by atoms with E-state index in [1.54, 1.807) is 11.8 Å². The van der Waals surface area contributed by atoms with Gasteiger partial charge in [0.25, 0.3) is 5.91 Å². The zero-order valence-electron chi connectivity index (χ0n) is 19.6. The molecule has 2 rings (SSSR count). The average molecular weight is 425 g/mol. The van der Waals surface area contributed by atoms with Gasteiger partial charge in [0.15, 0.2) is 6.61 Å². The monoisotopic (exact) mass is 424 g/mol. The number of hydrogen-bond acceptors (Lipinski definition) is 3. The fraction of sp³-hybridized carbons (Fsp3) is 0.462. The normalized spacial score (nSPS) is 12.9. The highest BCUT2D eigenvalue weighted by Crippen LogP contribution is 2.19. The number of carbonyl (C=O) groups excluding carboxylic acids is 2. The summed E-state index contributed by atoms with van der Waals surface area (Å²) in [5.74, 6) is 0.702. The number of hydrogen-bond donors (Lipinski definition) is 1. The van der Waals surface area contributed by atoms with Crippen molar-refractivity contribution in [2.75, 3.05) is 6.61 Å². The van der Waals surface area contributed by atoms with Crippen LogP contribution >= 0.6 is 0 Å². The zero-order valence-corrected chi connectivity index (χ0v) is 19.6. The third-order valence-electron chi connectivity index (χ3n) is 5.51. The third kappa shape index (κ3) is 7.42. The Labute approximate surface area is 186 Å². The van der Waals surface area contributed by atoms with Crippen LogP contribution in [-0.2, 0) is 16.1 Å². The van der Waals surface area contributed by atoms with Crippen LogP contribution in [0.5, 0.6) is 5.75 Å². The molecule has 0 spiro atoms. The number of amides is 2. The van der Waals surface area contributed by atoms with Crippen molar-refractivity contribution in [1.29, 1.82) is 0 Å². The lowest BCUT2D eigenvalue weighted by atomic mass is 10.0. The van der Waals surface area contributed by atoms with Gasteiger partial charge in [0.2, 0.25) is 5.91 Å². The molecular formula is C26H36N2O3. The second kappa shape index (κ2) is 11.5. The SMILES string of the molecule is CC[C@H](C)NC(=O)[C@@H](C)N(Cc1cccc(C)c1)C(=O)COc1ccc(C(C)C)cc1. The van der Waals surface area contributed by atoms with E-state index in [0.717, 1.165) is 17.5 Å². The Morgan fingerprint density at radius 2 is 1.71 bits per heavy atom. The lowest BCUT2D eigenvalue weighted by molar-refractivity contribution is -0.142. The molecule has 0 aliphatic heterocycles. The Morgan fingerprint density at radius 3 is 2.29 bits per heavy atom. The summed E-state index contributed by atoms with van der Waals surface area (Å²) in [6.45, 7) is 12.3. The molecule has 0 aliphatic carbocycles. The molecule has 0 aliphatic rings. The molecule has 0 bridgehead atoms. The molecule has 2 atom stereocenters. The van der Waals surface area contributed by atoms with E-state index in [1.807, 2.05) is 69.3 Å². The molecule has 1 N–H and O–H groups in total. The van der Waals surface area contributed by atoms with E-state index in [2.05, 4.69) is 19.2 Å². The Kier molecular flexibility index (Phi) is 9.10. The Balaban J connectivity index is 2.13. The van der Waals surface area contributed by atoms with E-state index in [9.17, 15) is 9.59 Å². The first-order valence-electron chi connectivity index (χ1n) is 11.1. The predicted molar refractivity (Wildman–Crippen MR) is 125 cm³/mol. The molecule has 0 fully saturated rings. The Morgan fingerprint density at radius 1 is 1.03 bits per heavy atom. The van der Waals surface area contributed by atoms with E-state index < -0.39 is 6.04 Å². The second-order valence-corrected chi connectivity index (χ2v) is 8.52. The number of rotatable bonds is 10. The van der Waals surface area contributed by atoms with Crippen LogP contribution in [0.4, 0.5) is 0 Å². The number of carbonyl (C=O) groups is 2. The molecular weight excluding hydrogens is 388 g/mol. The molecule has 168 valence electrons. The van der Waals surface area contributed by atoms with Gasteiger partial charge in [0.05, 0.1) is 0 Å². The first-order valence-corrected chi connectivity index (χ1v) is 11.1. The highest BCUT2D eigenvalue weighted by molar-refractivity contribution is 5.88. The summed E-state index contributed by atoms with van der Waals surface area (Å²) in [6.07, 6.45) is 0.833. The summed E-state index contributed by atoms with van der Waals surface area (Å²) < 4.78 is 5.75. The first kappa shape index (κ1) is 24.4. The summed E-state index contributed by atoms with van der Waals surface area (Å²) >= 11 is 0. The molecule has 31 heavy (non-hydrogen) atoms. The zero-order chi connectivity index (χ0) is 23.0. The van der Waals surface area contributed by atoms with Gasteiger partial charge in [-0.25, -0.2) is 0 Å². The van der Waals surface area contributed by atoms with Gasteiger partial charge in [-0.1, -0.05) is 62.7 Å². The lowest BCUT2D eigenvalue weighted by Crippen LogP contribution is -2.50. The number of nitrogens with one attached hydrogen (secondary N) is 1. The van der Waals surface area contributed by atoms with Crippen molar-refractivity contribution >= 4 is 11.8 Å². The topological polar surface area (TPSA) is 58.6 Å². The van der Waals surface area contributed by atoms with Crippen molar-refractivity contribution in [3.63, 3.8) is 0 Å². The van der Waals surface area contributed by atoms with E-state index in [4.69, 9.17) is 4.74 Å². The van der Waals surface area contributed by atoms with Crippen LogP contribution < -0.4 is 10.1 Å². The van der Waals surface area contributed by atoms with Crippen molar-refractivity contribution in [3.8, 4) is 5.75 Å². The molecule has 0 saturated heterocycles. The minimum atomic E-state index is -0.603. The van der Waals surface area contributed by atoms with E-state index in [0.29, 0.717) is 18.2 Å². The fourth-order valence-electron chi connectivity index (χ4n) is 3.23.